The van der Waals surface area contributed by atoms with Gasteiger partial charge in [-0.1, -0.05) is 155 Å². The summed E-state index contributed by atoms with van der Waals surface area (Å²) in [6.07, 6.45) is 31.7. The molecule has 0 fully saturated rings. The van der Waals surface area contributed by atoms with Gasteiger partial charge in [0.25, 0.3) is 0 Å². The Kier molecular flexibility index (Phi) is 48.2. The third-order valence-electron chi connectivity index (χ3n) is 6.49. The summed E-state index contributed by atoms with van der Waals surface area (Å²) in [5.74, 6) is -1.31. The summed E-state index contributed by atoms with van der Waals surface area (Å²) in [5, 5.41) is 16.9. The van der Waals surface area contributed by atoms with E-state index in [1.54, 1.807) is 0 Å². The molecule has 0 atom stereocenters. The molecule has 6 heteroatoms. The van der Waals surface area contributed by atoms with Crippen LogP contribution in [0, 0.1) is 0 Å². The first kappa shape index (κ1) is 43.5. The molecule has 0 bridgehead atoms. The largest absolute Gasteiger partial charge is 0.481 e. The van der Waals surface area contributed by atoms with E-state index in [1.165, 1.54) is 128 Å². The number of hydrogen-bond donors (Lipinski definition) is 2. The Bertz CT molecular complexity index is 420. The van der Waals surface area contributed by atoms with Crippen LogP contribution in [0.25, 0.3) is 0 Å². The zero-order valence-corrected chi connectivity index (χ0v) is 26.7. The maximum atomic E-state index is 10.3. The van der Waals surface area contributed by atoms with Gasteiger partial charge in [-0.15, -0.1) is 0 Å². The number of unbranched alkanes of at least 4 members (excludes halogenated alkanes) is 22. The van der Waals surface area contributed by atoms with Gasteiger partial charge in [-0.25, -0.2) is 0 Å². The van der Waals surface area contributed by atoms with E-state index in [1.807, 2.05) is 0 Å². The summed E-state index contributed by atoms with van der Waals surface area (Å²) in [5.41, 5.74) is 0. The van der Waals surface area contributed by atoms with Crippen LogP contribution in [0.1, 0.15) is 181 Å². The summed E-state index contributed by atoms with van der Waals surface area (Å²) in [6.45, 7) is 4.50. The molecule has 0 saturated heterocycles. The van der Waals surface area contributed by atoms with E-state index >= 15 is 0 Å². The zero-order valence-electron chi connectivity index (χ0n) is 23.7. The Morgan fingerprint density at radius 1 is 0.361 bits per heavy atom. The van der Waals surface area contributed by atoms with Crippen molar-refractivity contribution in [2.24, 2.45) is 0 Å². The smallest absolute Gasteiger partial charge is 0.303 e. The Morgan fingerprint density at radius 3 is 0.694 bits per heavy atom. The molecule has 2 N–H and O–H groups in total. The molecule has 0 unspecified atom stereocenters. The van der Waals surface area contributed by atoms with E-state index in [0.717, 1.165) is 25.7 Å². The maximum absolute atomic E-state index is 10.3. The zero-order chi connectivity index (χ0) is 25.5. The number of aliphatic carboxylic acids is 2. The van der Waals surface area contributed by atoms with Gasteiger partial charge in [-0.2, -0.15) is 0 Å². The van der Waals surface area contributed by atoms with Crippen LogP contribution in [0.15, 0.2) is 0 Å². The van der Waals surface area contributed by atoms with Crippen LogP contribution in [0.3, 0.4) is 0 Å². The van der Waals surface area contributed by atoms with E-state index in [4.69, 9.17) is 10.2 Å². The first-order valence-corrected chi connectivity index (χ1v) is 15.0. The van der Waals surface area contributed by atoms with Gasteiger partial charge in [0, 0.05) is 57.6 Å². The fourth-order valence-electron chi connectivity index (χ4n) is 4.23. The molecule has 0 heterocycles. The fraction of sp³-hybridized carbons (Fsp3) is 0.933. The standard InChI is InChI=1S/C18H36O2.C12H24O2.2Ag/c1-2-3-4-5-6-7-8-9-10-11-12-13-14-15-16-17-18(19)20;1-2-3-4-5-6-7-8-9-10-11-12(13)14;;/h2-17H2,1H3,(H,19,20);2-11H2,1H3,(H,13,14);;. The van der Waals surface area contributed by atoms with Crippen molar-refractivity contribution in [1.29, 1.82) is 0 Å². The van der Waals surface area contributed by atoms with E-state index in [9.17, 15) is 9.59 Å². The van der Waals surface area contributed by atoms with Crippen LogP contribution < -0.4 is 0 Å². The van der Waals surface area contributed by atoms with Crippen LogP contribution in [0.4, 0.5) is 0 Å². The molecule has 4 nitrogen and oxygen atoms in total. The summed E-state index contributed by atoms with van der Waals surface area (Å²) < 4.78 is 0. The van der Waals surface area contributed by atoms with Crippen molar-refractivity contribution in [1.82, 2.24) is 0 Å². The van der Waals surface area contributed by atoms with Gasteiger partial charge in [0.15, 0.2) is 0 Å². The summed E-state index contributed by atoms with van der Waals surface area (Å²) in [4.78, 5) is 20.5. The molecule has 0 amide bonds. The number of hydrogen-bond acceptors (Lipinski definition) is 2. The van der Waals surface area contributed by atoms with Gasteiger partial charge >= 0.3 is 11.9 Å². The molecule has 0 spiro atoms. The molecule has 0 aliphatic carbocycles. The monoisotopic (exact) mass is 698 g/mol. The van der Waals surface area contributed by atoms with Gasteiger partial charge in [0.05, 0.1) is 0 Å². The third-order valence-corrected chi connectivity index (χ3v) is 6.49. The van der Waals surface area contributed by atoms with Gasteiger partial charge in [0.1, 0.15) is 0 Å². The van der Waals surface area contributed by atoms with E-state index < -0.39 is 11.9 Å². The van der Waals surface area contributed by atoms with Crippen molar-refractivity contribution in [3.8, 4) is 0 Å². The molecule has 0 aromatic rings. The number of carbonyl (C=O) groups is 2. The Hall–Kier alpha value is 0.421. The molecule has 0 saturated carbocycles. The molecular formula is C30H60Ag2O4. The molecule has 0 aromatic heterocycles. The number of carboxylic acid groups (broad SMARTS) is 2. The van der Waals surface area contributed by atoms with Gasteiger partial charge in [0.2, 0.25) is 0 Å². The minimum atomic E-state index is -0.659. The average Bonchev–Trinajstić information content (AvgIpc) is 2.80. The van der Waals surface area contributed by atoms with Crippen LogP contribution in [-0.2, 0) is 54.3 Å². The maximum Gasteiger partial charge on any atom is 0.303 e. The van der Waals surface area contributed by atoms with Gasteiger partial charge in [-0.05, 0) is 12.8 Å². The molecule has 0 aromatic carbocycles. The van der Waals surface area contributed by atoms with Crippen molar-refractivity contribution in [3.63, 3.8) is 0 Å². The molecule has 2 radical (unpaired) electrons. The molecule has 0 aliphatic rings. The first-order valence-electron chi connectivity index (χ1n) is 15.0. The second-order valence-corrected chi connectivity index (χ2v) is 10.1. The van der Waals surface area contributed by atoms with Crippen molar-refractivity contribution < 1.29 is 64.6 Å². The predicted octanol–water partition coefficient (Wildman–Crippen LogP) is 10.3. The second-order valence-electron chi connectivity index (χ2n) is 10.1. The molecule has 36 heavy (non-hydrogen) atoms. The Labute approximate surface area is 256 Å². The molecular weight excluding hydrogens is 640 g/mol. The van der Waals surface area contributed by atoms with Crippen LogP contribution in [0.2, 0.25) is 0 Å². The first-order chi connectivity index (χ1) is 16.5. The predicted molar refractivity (Wildman–Crippen MR) is 147 cm³/mol. The Morgan fingerprint density at radius 2 is 0.528 bits per heavy atom. The SMILES string of the molecule is CCCCCCCCCCCC(=O)O.CCCCCCCCCCCCCCCCCC(=O)O.[Ag].[Ag]. The topological polar surface area (TPSA) is 74.6 Å². The Balaban J connectivity index is -0.000000285. The van der Waals surface area contributed by atoms with E-state index in [2.05, 4.69) is 13.8 Å². The molecule has 0 rings (SSSR count). The van der Waals surface area contributed by atoms with Gasteiger partial charge in [-0.3, -0.25) is 9.59 Å². The number of carboxylic acids is 2. The summed E-state index contributed by atoms with van der Waals surface area (Å²) in [6, 6.07) is 0. The number of rotatable bonds is 26. The summed E-state index contributed by atoms with van der Waals surface area (Å²) in [7, 11) is 0. The van der Waals surface area contributed by atoms with E-state index in [0.29, 0.717) is 12.8 Å². The van der Waals surface area contributed by atoms with Crippen molar-refractivity contribution in [2.75, 3.05) is 0 Å². The molecule has 226 valence electrons. The van der Waals surface area contributed by atoms with Crippen molar-refractivity contribution in [3.05, 3.63) is 0 Å². The van der Waals surface area contributed by atoms with Crippen LogP contribution in [-0.4, -0.2) is 22.2 Å². The normalized spacial score (nSPS) is 10.1. The van der Waals surface area contributed by atoms with Crippen molar-refractivity contribution >= 4 is 11.9 Å². The van der Waals surface area contributed by atoms with Crippen LogP contribution in [0.5, 0.6) is 0 Å². The third kappa shape index (κ3) is 47.6. The van der Waals surface area contributed by atoms with E-state index in [-0.39, 0.29) is 44.8 Å². The summed E-state index contributed by atoms with van der Waals surface area (Å²) >= 11 is 0. The van der Waals surface area contributed by atoms with Crippen LogP contribution >= 0.6 is 0 Å². The minimum Gasteiger partial charge on any atom is -0.481 e. The van der Waals surface area contributed by atoms with Crippen molar-refractivity contribution in [2.45, 2.75) is 181 Å². The average molecular weight is 701 g/mol. The second kappa shape index (κ2) is 39.9. The quantitative estimate of drug-likeness (QED) is 0.0696. The fourth-order valence-corrected chi connectivity index (χ4v) is 4.23. The van der Waals surface area contributed by atoms with Gasteiger partial charge < -0.3 is 10.2 Å². The minimum absolute atomic E-state index is 0. The molecule has 0 aliphatic heterocycles.